The highest BCUT2D eigenvalue weighted by Gasteiger charge is 2.14. The molecule has 0 unspecified atom stereocenters. The van der Waals surface area contributed by atoms with Gasteiger partial charge < -0.3 is 19.6 Å². The van der Waals surface area contributed by atoms with Crippen LogP contribution in [0, 0.1) is 0 Å². The molecule has 0 radical (unpaired) electrons. The minimum absolute atomic E-state index is 0.0445. The molecule has 28 heavy (non-hydrogen) atoms. The van der Waals surface area contributed by atoms with Gasteiger partial charge in [-0.15, -0.1) is 0 Å². The van der Waals surface area contributed by atoms with Crippen LogP contribution in [0.1, 0.15) is 22.6 Å². The first kappa shape index (κ1) is 18.3. The molecule has 0 spiro atoms. The molecule has 2 heterocycles. The van der Waals surface area contributed by atoms with Gasteiger partial charge >= 0.3 is 0 Å². The van der Waals surface area contributed by atoms with E-state index < -0.39 is 0 Å². The van der Waals surface area contributed by atoms with E-state index in [1.807, 2.05) is 54.7 Å². The first-order valence-corrected chi connectivity index (χ1v) is 9.55. The number of nitrogens with one attached hydrogen (secondary N) is 2. The number of ether oxygens (including phenoxy) is 1. The Hall–Kier alpha value is -3.12. The van der Waals surface area contributed by atoms with Gasteiger partial charge in [-0.2, -0.15) is 0 Å². The van der Waals surface area contributed by atoms with E-state index in [9.17, 15) is 4.79 Å². The number of hydrogen-bond donors (Lipinski definition) is 2. The van der Waals surface area contributed by atoms with Crippen LogP contribution in [0.2, 0.25) is 0 Å². The molecule has 2 aromatic heterocycles. The molecule has 0 saturated heterocycles. The van der Waals surface area contributed by atoms with E-state index in [-0.39, 0.29) is 5.91 Å². The number of para-hydroxylation sites is 3. The summed E-state index contributed by atoms with van der Waals surface area (Å²) in [4.78, 5) is 20.6. The maximum absolute atomic E-state index is 12.7. The molecule has 0 aliphatic rings. The molecule has 0 aliphatic carbocycles. The second-order valence-corrected chi connectivity index (χ2v) is 6.81. The highest BCUT2D eigenvalue weighted by molar-refractivity contribution is 6.07. The minimum atomic E-state index is -0.0445. The Kier molecular flexibility index (Phi) is 5.39. The Bertz CT molecular complexity index is 1060. The summed E-state index contributed by atoms with van der Waals surface area (Å²) < 4.78 is 7.25. The Morgan fingerprint density at radius 1 is 1.18 bits per heavy atom. The number of carbonyl (C=O) groups excluding carboxylic acids is 1. The van der Waals surface area contributed by atoms with E-state index in [4.69, 9.17) is 4.74 Å². The van der Waals surface area contributed by atoms with Crippen LogP contribution < -0.4 is 5.32 Å². The van der Waals surface area contributed by atoms with Gasteiger partial charge in [-0.3, -0.25) is 4.79 Å². The van der Waals surface area contributed by atoms with Gasteiger partial charge in [0, 0.05) is 43.7 Å². The minimum Gasteiger partial charge on any atom is -0.383 e. The highest BCUT2D eigenvalue weighted by Crippen LogP contribution is 2.21. The van der Waals surface area contributed by atoms with Crippen molar-refractivity contribution in [2.24, 2.45) is 0 Å². The van der Waals surface area contributed by atoms with Gasteiger partial charge in [-0.25, -0.2) is 4.98 Å². The summed E-state index contributed by atoms with van der Waals surface area (Å²) in [6, 6.07) is 16.0. The lowest BCUT2D eigenvalue weighted by atomic mass is 10.1. The topological polar surface area (TPSA) is 71.9 Å². The summed E-state index contributed by atoms with van der Waals surface area (Å²) >= 11 is 0. The fraction of sp³-hybridized carbons (Fsp3) is 0.273. The number of amides is 1. The van der Waals surface area contributed by atoms with Crippen molar-refractivity contribution in [1.82, 2.24) is 19.9 Å². The van der Waals surface area contributed by atoms with Crippen LogP contribution in [0.3, 0.4) is 0 Å². The first-order valence-electron chi connectivity index (χ1n) is 9.55. The van der Waals surface area contributed by atoms with Crippen LogP contribution in [-0.2, 0) is 17.7 Å². The monoisotopic (exact) mass is 376 g/mol. The van der Waals surface area contributed by atoms with Gasteiger partial charge in [-0.1, -0.05) is 30.3 Å². The third-order valence-corrected chi connectivity index (χ3v) is 4.88. The molecule has 144 valence electrons. The van der Waals surface area contributed by atoms with Crippen LogP contribution in [-0.4, -0.2) is 40.7 Å². The van der Waals surface area contributed by atoms with Crippen molar-refractivity contribution >= 4 is 27.8 Å². The average molecular weight is 376 g/mol. The number of fused-ring (bicyclic) bond motifs is 2. The van der Waals surface area contributed by atoms with Crippen molar-refractivity contribution in [3.05, 3.63) is 66.1 Å². The first-order chi connectivity index (χ1) is 13.8. The van der Waals surface area contributed by atoms with Crippen LogP contribution in [0.4, 0.5) is 0 Å². The van der Waals surface area contributed by atoms with Crippen LogP contribution in [0.15, 0.2) is 54.7 Å². The number of aromatic nitrogens is 3. The zero-order chi connectivity index (χ0) is 19.3. The van der Waals surface area contributed by atoms with E-state index in [1.54, 1.807) is 7.11 Å². The van der Waals surface area contributed by atoms with Crippen molar-refractivity contribution in [2.75, 3.05) is 20.3 Å². The number of H-pyrrole nitrogens is 1. The molecule has 6 nitrogen and oxygen atoms in total. The Morgan fingerprint density at radius 3 is 2.86 bits per heavy atom. The van der Waals surface area contributed by atoms with Crippen molar-refractivity contribution in [2.45, 2.75) is 19.4 Å². The van der Waals surface area contributed by atoms with Crippen LogP contribution in [0.25, 0.3) is 21.9 Å². The normalized spacial score (nSPS) is 11.3. The second-order valence-electron chi connectivity index (χ2n) is 6.81. The third-order valence-electron chi connectivity index (χ3n) is 4.88. The summed E-state index contributed by atoms with van der Waals surface area (Å²) in [6.45, 7) is 1.93. The quantitative estimate of drug-likeness (QED) is 0.462. The standard InChI is InChI=1S/C22H24N4O2/c1-28-14-13-26-15-17(16-7-2-5-10-20(16)26)22(27)23-12-6-11-21-24-18-8-3-4-9-19(18)25-21/h2-5,7-10,15H,6,11-14H2,1H3,(H,23,27)(H,24,25). The van der Waals surface area contributed by atoms with Gasteiger partial charge in [0.25, 0.3) is 5.91 Å². The number of carbonyl (C=O) groups is 1. The number of benzene rings is 2. The molecular weight excluding hydrogens is 352 g/mol. The number of nitrogens with zero attached hydrogens (tertiary/aromatic N) is 2. The average Bonchev–Trinajstić information content (AvgIpc) is 3.30. The zero-order valence-electron chi connectivity index (χ0n) is 15.9. The summed E-state index contributed by atoms with van der Waals surface area (Å²) in [5.41, 5.74) is 3.78. The predicted octanol–water partition coefficient (Wildman–Crippen LogP) is 3.53. The third kappa shape index (κ3) is 3.77. The number of aryl methyl sites for hydroxylation is 1. The smallest absolute Gasteiger partial charge is 0.253 e. The van der Waals surface area contributed by atoms with E-state index in [1.165, 1.54) is 0 Å². The van der Waals surface area contributed by atoms with E-state index in [0.29, 0.717) is 18.7 Å². The molecule has 0 aliphatic heterocycles. The molecule has 2 N–H and O–H groups in total. The van der Waals surface area contributed by atoms with E-state index in [2.05, 4.69) is 19.9 Å². The number of aromatic amines is 1. The lowest BCUT2D eigenvalue weighted by Gasteiger charge is -2.03. The lowest BCUT2D eigenvalue weighted by molar-refractivity contribution is 0.0954. The summed E-state index contributed by atoms with van der Waals surface area (Å²) in [7, 11) is 1.68. The van der Waals surface area contributed by atoms with Gasteiger partial charge in [0.15, 0.2) is 0 Å². The largest absolute Gasteiger partial charge is 0.383 e. The van der Waals surface area contributed by atoms with Gasteiger partial charge in [0.05, 0.1) is 23.2 Å². The Morgan fingerprint density at radius 2 is 2.00 bits per heavy atom. The van der Waals surface area contributed by atoms with E-state index >= 15 is 0 Å². The molecule has 0 saturated carbocycles. The molecule has 4 rings (SSSR count). The van der Waals surface area contributed by atoms with Crippen molar-refractivity contribution in [1.29, 1.82) is 0 Å². The SMILES string of the molecule is COCCn1cc(C(=O)NCCCc2nc3ccccc3[nH]2)c2ccccc21. The molecule has 6 heteroatoms. The van der Waals surface area contributed by atoms with Crippen molar-refractivity contribution < 1.29 is 9.53 Å². The summed E-state index contributed by atoms with van der Waals surface area (Å²) in [5, 5.41) is 4.01. The number of hydrogen-bond acceptors (Lipinski definition) is 3. The molecule has 1 amide bonds. The van der Waals surface area contributed by atoms with Crippen LogP contribution >= 0.6 is 0 Å². The Balaban J connectivity index is 1.38. The zero-order valence-corrected chi connectivity index (χ0v) is 15.9. The maximum atomic E-state index is 12.7. The molecule has 0 bridgehead atoms. The summed E-state index contributed by atoms with van der Waals surface area (Å²) in [6.07, 6.45) is 3.54. The van der Waals surface area contributed by atoms with Gasteiger partial charge in [0.1, 0.15) is 5.82 Å². The van der Waals surface area contributed by atoms with Crippen molar-refractivity contribution in [3.8, 4) is 0 Å². The van der Waals surface area contributed by atoms with Crippen LogP contribution in [0.5, 0.6) is 0 Å². The van der Waals surface area contributed by atoms with Crippen molar-refractivity contribution in [3.63, 3.8) is 0 Å². The summed E-state index contributed by atoms with van der Waals surface area (Å²) in [5.74, 6) is 0.906. The number of methoxy groups -OCH3 is 1. The fourth-order valence-electron chi connectivity index (χ4n) is 3.48. The predicted molar refractivity (Wildman–Crippen MR) is 111 cm³/mol. The van der Waals surface area contributed by atoms with Gasteiger partial charge in [0.2, 0.25) is 0 Å². The van der Waals surface area contributed by atoms with Gasteiger partial charge in [-0.05, 0) is 24.6 Å². The molecule has 0 fully saturated rings. The number of rotatable bonds is 8. The second kappa shape index (κ2) is 8.27. The number of imidazole rings is 1. The highest BCUT2D eigenvalue weighted by atomic mass is 16.5. The molecule has 0 atom stereocenters. The molecule has 4 aromatic rings. The molecule has 2 aromatic carbocycles. The molecular formula is C22H24N4O2. The lowest BCUT2D eigenvalue weighted by Crippen LogP contribution is -2.24. The fourth-order valence-corrected chi connectivity index (χ4v) is 3.48. The Labute approximate surface area is 163 Å². The van der Waals surface area contributed by atoms with E-state index in [0.717, 1.165) is 47.1 Å². The maximum Gasteiger partial charge on any atom is 0.253 e.